The molecule has 0 radical (unpaired) electrons. The van der Waals surface area contributed by atoms with Gasteiger partial charge in [-0.15, -0.1) is 0 Å². The molecule has 0 aliphatic rings. The molecule has 0 fully saturated rings. The van der Waals surface area contributed by atoms with Gasteiger partial charge in [0.25, 0.3) is 0 Å². The van der Waals surface area contributed by atoms with Gasteiger partial charge in [0.2, 0.25) is 0 Å². The number of para-hydroxylation sites is 2. The fourth-order valence-corrected chi connectivity index (χ4v) is 2.43. The number of nitrogens with one attached hydrogen (secondary N) is 1. The molecule has 0 saturated carbocycles. The van der Waals surface area contributed by atoms with Gasteiger partial charge >= 0.3 is 96.5 Å². The summed E-state index contributed by atoms with van der Waals surface area (Å²) >= 11 is 1.91. The molecular weight excluding hydrogens is 236 g/mol. The van der Waals surface area contributed by atoms with E-state index in [0.717, 1.165) is 21.1 Å². The van der Waals surface area contributed by atoms with Crippen molar-refractivity contribution >= 4 is 15.8 Å². The quantitative estimate of drug-likeness (QED) is 0.643. The van der Waals surface area contributed by atoms with E-state index in [9.17, 15) is 0 Å². The van der Waals surface area contributed by atoms with Gasteiger partial charge in [0.05, 0.1) is 0 Å². The number of aromatic nitrogens is 2. The summed E-state index contributed by atoms with van der Waals surface area (Å²) in [6.45, 7) is 2.23. The molecule has 85 valence electrons. The van der Waals surface area contributed by atoms with Gasteiger partial charge in [-0.2, -0.15) is 0 Å². The number of fused-ring (bicyclic) bond motifs is 1. The first kappa shape index (κ1) is 10.7. The average molecular weight is 252 g/mol. The van der Waals surface area contributed by atoms with E-state index < -0.39 is 0 Å². The number of rotatable bonds is 5. The molecule has 0 spiro atoms. The van der Waals surface area contributed by atoms with Crippen molar-refractivity contribution in [2.45, 2.75) is 31.5 Å². The van der Waals surface area contributed by atoms with E-state index in [-0.39, 0.29) is 0 Å². The zero-order valence-electron chi connectivity index (χ0n) is 8.89. The molecule has 0 saturated heterocycles. The van der Waals surface area contributed by atoms with E-state index in [2.05, 4.69) is 23.0 Å². The maximum absolute atomic E-state index is 4.51. The second-order valence-corrected chi connectivity index (χ2v) is 4.72. The molecule has 2 rings (SSSR count). The number of unbranched alkanes of at least 4 members (excludes halogenated alkanes) is 2. The van der Waals surface area contributed by atoms with E-state index in [1.807, 2.05) is 33.2 Å². The monoisotopic (exact) mass is 251 g/mol. The summed E-state index contributed by atoms with van der Waals surface area (Å²) in [4.78, 5) is 7.83. The summed E-state index contributed by atoms with van der Waals surface area (Å²) in [7, 11) is 0. The number of benzene rings is 1. The van der Waals surface area contributed by atoms with Crippen LogP contribution in [-0.4, -0.2) is 9.97 Å². The SMILES string of the molecule is CCCC[CH2][Cu][c]1nc2ccccc2[nH]1. The topological polar surface area (TPSA) is 28.7 Å². The Balaban J connectivity index is 1.97. The molecule has 1 heterocycles. The van der Waals surface area contributed by atoms with E-state index in [0.29, 0.717) is 0 Å². The summed E-state index contributed by atoms with van der Waals surface area (Å²) in [5.41, 5.74) is 2.19. The predicted molar refractivity (Wildman–Crippen MR) is 60.1 cm³/mol. The van der Waals surface area contributed by atoms with Gasteiger partial charge in [0.1, 0.15) is 0 Å². The molecule has 1 aromatic heterocycles. The van der Waals surface area contributed by atoms with Crippen LogP contribution < -0.4 is 4.72 Å². The normalized spacial score (nSPS) is 11.3. The van der Waals surface area contributed by atoms with Gasteiger partial charge in [-0.05, 0) is 0 Å². The van der Waals surface area contributed by atoms with Crippen LogP contribution in [0.5, 0.6) is 0 Å². The Kier molecular flexibility index (Phi) is 3.81. The van der Waals surface area contributed by atoms with Crippen LogP contribution in [0, 0.1) is 0 Å². The third-order valence-electron chi connectivity index (χ3n) is 2.23. The molecule has 0 unspecified atom stereocenters. The first-order valence-corrected chi connectivity index (χ1v) is 6.48. The Labute approximate surface area is 96.6 Å². The van der Waals surface area contributed by atoms with Crippen LogP contribution in [0.2, 0.25) is 5.32 Å². The molecule has 1 N–H and O–H groups in total. The average Bonchev–Trinajstić information content (AvgIpc) is 2.67. The second-order valence-electron chi connectivity index (χ2n) is 3.47. The third-order valence-corrected chi connectivity index (χ3v) is 3.34. The van der Waals surface area contributed by atoms with Crippen molar-refractivity contribution in [1.82, 2.24) is 9.97 Å². The molecular formula is C12H16CuN2. The zero-order chi connectivity index (χ0) is 10.5. The molecule has 15 heavy (non-hydrogen) atoms. The molecule has 0 amide bonds. The van der Waals surface area contributed by atoms with E-state index in [1.54, 1.807) is 0 Å². The van der Waals surface area contributed by atoms with Crippen molar-refractivity contribution in [3.05, 3.63) is 24.3 Å². The molecule has 2 nitrogen and oxygen atoms in total. The van der Waals surface area contributed by atoms with Crippen LogP contribution in [0.1, 0.15) is 26.2 Å². The fraction of sp³-hybridized carbons (Fsp3) is 0.417. The molecule has 0 aliphatic carbocycles. The number of nitrogens with zero attached hydrogens (tertiary/aromatic N) is 1. The number of aromatic amines is 1. The Morgan fingerprint density at radius 3 is 2.93 bits per heavy atom. The van der Waals surface area contributed by atoms with Crippen molar-refractivity contribution in [2.75, 3.05) is 0 Å². The summed E-state index contributed by atoms with van der Waals surface area (Å²) in [6.07, 6.45) is 3.86. The first-order valence-electron chi connectivity index (χ1n) is 5.35. The van der Waals surface area contributed by atoms with Crippen molar-refractivity contribution < 1.29 is 15.0 Å². The van der Waals surface area contributed by atoms with Gasteiger partial charge in [-0.25, -0.2) is 0 Å². The van der Waals surface area contributed by atoms with Crippen LogP contribution in [0.3, 0.4) is 0 Å². The standard InChI is InChI=1S/C7H5N2.C5H11.Cu/c1-2-4-7-6(3-1)8-5-9-7;1-3-5-4-2;/h1-4H,(H,8,9);1,3-5H2,2H3;. The van der Waals surface area contributed by atoms with E-state index in [4.69, 9.17) is 0 Å². The molecule has 3 heteroatoms. The number of hydrogen-bond donors (Lipinski definition) is 1. The maximum atomic E-state index is 4.51. The zero-order valence-corrected chi connectivity index (χ0v) is 9.83. The van der Waals surface area contributed by atoms with Gasteiger partial charge in [-0.1, -0.05) is 0 Å². The molecule has 0 aliphatic heterocycles. The number of imidazole rings is 1. The van der Waals surface area contributed by atoms with Crippen LogP contribution in [-0.2, 0) is 15.0 Å². The van der Waals surface area contributed by atoms with E-state index >= 15 is 0 Å². The minimum absolute atomic E-state index is 1.04. The van der Waals surface area contributed by atoms with Crippen molar-refractivity contribution in [1.29, 1.82) is 0 Å². The Morgan fingerprint density at radius 2 is 2.13 bits per heavy atom. The van der Waals surface area contributed by atoms with Crippen molar-refractivity contribution in [3.8, 4) is 0 Å². The van der Waals surface area contributed by atoms with Crippen molar-refractivity contribution in [3.63, 3.8) is 0 Å². The summed E-state index contributed by atoms with van der Waals surface area (Å²) in [6, 6.07) is 8.16. The summed E-state index contributed by atoms with van der Waals surface area (Å²) in [5, 5.41) is 1.15. The van der Waals surface area contributed by atoms with Crippen LogP contribution in [0.15, 0.2) is 24.3 Å². The molecule has 2 aromatic rings. The number of hydrogen-bond acceptors (Lipinski definition) is 1. The van der Waals surface area contributed by atoms with Gasteiger partial charge in [0.15, 0.2) is 0 Å². The summed E-state index contributed by atoms with van der Waals surface area (Å²) < 4.78 is 1.04. The third kappa shape index (κ3) is 2.83. The van der Waals surface area contributed by atoms with E-state index in [1.165, 1.54) is 19.3 Å². The van der Waals surface area contributed by atoms with Gasteiger partial charge in [0, 0.05) is 0 Å². The Bertz CT molecular complexity index is 389. The molecule has 0 bridgehead atoms. The van der Waals surface area contributed by atoms with Crippen LogP contribution in [0.4, 0.5) is 0 Å². The van der Waals surface area contributed by atoms with Crippen LogP contribution >= 0.6 is 0 Å². The molecule has 1 aromatic carbocycles. The second kappa shape index (κ2) is 5.34. The first-order chi connectivity index (χ1) is 7.40. The Hall–Kier alpha value is -0.791. The number of H-pyrrole nitrogens is 1. The Morgan fingerprint density at radius 1 is 1.27 bits per heavy atom. The minimum atomic E-state index is 1.04. The van der Waals surface area contributed by atoms with Crippen molar-refractivity contribution in [2.24, 2.45) is 0 Å². The van der Waals surface area contributed by atoms with Gasteiger partial charge < -0.3 is 0 Å². The van der Waals surface area contributed by atoms with Crippen LogP contribution in [0.25, 0.3) is 11.0 Å². The summed E-state index contributed by atoms with van der Waals surface area (Å²) in [5.74, 6) is 0. The van der Waals surface area contributed by atoms with Gasteiger partial charge in [-0.3, -0.25) is 0 Å². The fourth-order valence-electron chi connectivity index (χ4n) is 1.40. The molecule has 0 atom stereocenters. The predicted octanol–water partition coefficient (Wildman–Crippen LogP) is 2.88.